The molecule has 0 saturated heterocycles. The quantitative estimate of drug-likeness (QED) is 0.765. The molecule has 1 atom stereocenters. The Morgan fingerprint density at radius 2 is 2.30 bits per heavy atom. The van der Waals surface area contributed by atoms with E-state index in [1.807, 2.05) is 6.92 Å². The summed E-state index contributed by atoms with van der Waals surface area (Å²) in [7, 11) is 0. The fourth-order valence-corrected chi connectivity index (χ4v) is 1.86. The average molecular weight is 341 g/mol. The first-order valence-corrected chi connectivity index (χ1v) is 6.67. The molecule has 0 aliphatic heterocycles. The molecule has 7 nitrogen and oxygen atoms in total. The van der Waals surface area contributed by atoms with Gasteiger partial charge >= 0.3 is 0 Å². The zero-order valence-corrected chi connectivity index (χ0v) is 12.2. The summed E-state index contributed by atoms with van der Waals surface area (Å²) < 4.78 is 5.54. The maximum atomic E-state index is 11.7. The molecule has 0 fully saturated rings. The lowest BCUT2D eigenvalue weighted by molar-refractivity contribution is -0.120. The summed E-state index contributed by atoms with van der Waals surface area (Å²) >= 11 is 3.10. The van der Waals surface area contributed by atoms with E-state index in [9.17, 15) is 9.59 Å². The van der Waals surface area contributed by atoms with Gasteiger partial charge in [-0.25, -0.2) is 0 Å². The van der Waals surface area contributed by atoms with Gasteiger partial charge in [0.25, 0.3) is 5.91 Å². The van der Waals surface area contributed by atoms with Crippen LogP contribution >= 0.6 is 15.9 Å². The monoisotopic (exact) mass is 340 g/mol. The SMILES string of the molecule is CC(NC(=O)CNC(=O)c1ccc(Br)o1)c1cn[nH]c1. The molecule has 0 saturated carbocycles. The third-order valence-corrected chi connectivity index (χ3v) is 3.03. The highest BCUT2D eigenvalue weighted by atomic mass is 79.9. The van der Waals surface area contributed by atoms with Crippen LogP contribution < -0.4 is 10.6 Å². The van der Waals surface area contributed by atoms with Gasteiger partial charge in [0.15, 0.2) is 10.4 Å². The van der Waals surface area contributed by atoms with E-state index in [4.69, 9.17) is 4.42 Å². The minimum atomic E-state index is -0.443. The van der Waals surface area contributed by atoms with Crippen LogP contribution in [0.5, 0.6) is 0 Å². The van der Waals surface area contributed by atoms with Gasteiger partial charge in [0, 0.05) is 11.8 Å². The fourth-order valence-electron chi connectivity index (χ4n) is 1.56. The van der Waals surface area contributed by atoms with Crippen LogP contribution in [-0.2, 0) is 4.79 Å². The van der Waals surface area contributed by atoms with Gasteiger partial charge in [0.05, 0.1) is 18.8 Å². The Labute approximate surface area is 123 Å². The number of halogens is 1. The van der Waals surface area contributed by atoms with Gasteiger partial charge in [0.1, 0.15) is 0 Å². The number of carbonyl (C=O) groups is 2. The van der Waals surface area contributed by atoms with Gasteiger partial charge in [-0.15, -0.1) is 0 Å². The van der Waals surface area contributed by atoms with Crippen LogP contribution in [0.3, 0.4) is 0 Å². The number of nitrogens with zero attached hydrogens (tertiary/aromatic N) is 1. The Morgan fingerprint density at radius 3 is 2.90 bits per heavy atom. The van der Waals surface area contributed by atoms with E-state index in [2.05, 4.69) is 36.8 Å². The van der Waals surface area contributed by atoms with E-state index in [1.165, 1.54) is 6.07 Å². The highest BCUT2D eigenvalue weighted by Crippen LogP contribution is 2.13. The summed E-state index contributed by atoms with van der Waals surface area (Å²) in [5, 5.41) is 11.7. The van der Waals surface area contributed by atoms with Gasteiger partial charge in [-0.3, -0.25) is 14.7 Å². The van der Waals surface area contributed by atoms with Crippen LogP contribution in [0.2, 0.25) is 0 Å². The first kappa shape index (κ1) is 14.3. The number of H-pyrrole nitrogens is 1. The van der Waals surface area contributed by atoms with Crippen molar-refractivity contribution in [2.24, 2.45) is 0 Å². The molecule has 0 spiro atoms. The highest BCUT2D eigenvalue weighted by Gasteiger charge is 2.14. The maximum absolute atomic E-state index is 11.7. The lowest BCUT2D eigenvalue weighted by atomic mass is 10.2. The second-order valence-electron chi connectivity index (χ2n) is 4.11. The number of rotatable bonds is 5. The van der Waals surface area contributed by atoms with Crippen molar-refractivity contribution in [3.63, 3.8) is 0 Å². The summed E-state index contributed by atoms with van der Waals surface area (Å²) in [5.41, 5.74) is 0.861. The smallest absolute Gasteiger partial charge is 0.287 e. The van der Waals surface area contributed by atoms with E-state index >= 15 is 0 Å². The second kappa shape index (κ2) is 6.38. The van der Waals surface area contributed by atoms with Crippen molar-refractivity contribution in [2.75, 3.05) is 6.54 Å². The van der Waals surface area contributed by atoms with Crippen LogP contribution in [0.15, 0.2) is 33.6 Å². The van der Waals surface area contributed by atoms with Crippen LogP contribution in [0, 0.1) is 0 Å². The molecule has 0 radical (unpaired) electrons. The molecule has 8 heteroatoms. The molecule has 0 aromatic carbocycles. The van der Waals surface area contributed by atoms with Crippen LogP contribution in [-0.4, -0.2) is 28.6 Å². The Balaban J connectivity index is 1.79. The second-order valence-corrected chi connectivity index (χ2v) is 4.89. The van der Waals surface area contributed by atoms with Gasteiger partial charge < -0.3 is 15.1 Å². The molecule has 2 aromatic rings. The number of aromatic amines is 1. The van der Waals surface area contributed by atoms with Crippen LogP contribution in [0.1, 0.15) is 29.1 Å². The third-order valence-electron chi connectivity index (χ3n) is 2.60. The van der Waals surface area contributed by atoms with E-state index < -0.39 is 5.91 Å². The summed E-state index contributed by atoms with van der Waals surface area (Å²) in [6, 6.07) is 2.94. The molecule has 2 aromatic heterocycles. The van der Waals surface area contributed by atoms with Crippen molar-refractivity contribution in [3.8, 4) is 0 Å². The molecule has 0 aliphatic rings. The number of carbonyl (C=O) groups excluding carboxylic acids is 2. The van der Waals surface area contributed by atoms with Gasteiger partial charge in [-0.1, -0.05) is 0 Å². The fraction of sp³-hybridized carbons (Fsp3) is 0.250. The predicted molar refractivity (Wildman–Crippen MR) is 73.9 cm³/mol. The van der Waals surface area contributed by atoms with Crippen molar-refractivity contribution in [1.82, 2.24) is 20.8 Å². The molecule has 2 heterocycles. The molecule has 0 aliphatic carbocycles. The van der Waals surface area contributed by atoms with Crippen molar-refractivity contribution < 1.29 is 14.0 Å². The molecule has 0 bridgehead atoms. The van der Waals surface area contributed by atoms with Crippen LogP contribution in [0.4, 0.5) is 0 Å². The molecular formula is C12H13BrN4O3. The summed E-state index contributed by atoms with van der Waals surface area (Å²) in [5.74, 6) is -0.591. The summed E-state index contributed by atoms with van der Waals surface area (Å²) in [6.45, 7) is 1.70. The summed E-state index contributed by atoms with van der Waals surface area (Å²) in [4.78, 5) is 23.3. The summed E-state index contributed by atoms with van der Waals surface area (Å²) in [6.07, 6.45) is 3.33. The zero-order valence-electron chi connectivity index (χ0n) is 10.6. The Kier molecular flexibility index (Phi) is 4.57. The lowest BCUT2D eigenvalue weighted by Gasteiger charge is -2.12. The Bertz CT molecular complexity index is 594. The molecule has 1 unspecified atom stereocenters. The first-order valence-electron chi connectivity index (χ1n) is 5.88. The standard InChI is InChI=1S/C12H13BrN4O3/c1-7(8-4-15-16-5-8)17-11(18)6-14-12(19)9-2-3-10(13)20-9/h2-5,7H,6H2,1H3,(H,14,19)(H,15,16)(H,17,18). The van der Waals surface area contributed by atoms with E-state index in [0.717, 1.165) is 5.56 Å². The van der Waals surface area contributed by atoms with Crippen molar-refractivity contribution in [2.45, 2.75) is 13.0 Å². The Hall–Kier alpha value is -2.09. The highest BCUT2D eigenvalue weighted by molar-refractivity contribution is 9.10. The number of aromatic nitrogens is 2. The minimum absolute atomic E-state index is 0.126. The third kappa shape index (κ3) is 3.70. The number of nitrogens with one attached hydrogen (secondary N) is 3. The molecular weight excluding hydrogens is 328 g/mol. The van der Waals surface area contributed by atoms with E-state index in [-0.39, 0.29) is 24.3 Å². The molecule has 3 N–H and O–H groups in total. The normalized spacial score (nSPS) is 11.9. The number of furan rings is 1. The molecule has 20 heavy (non-hydrogen) atoms. The van der Waals surface area contributed by atoms with Crippen molar-refractivity contribution in [1.29, 1.82) is 0 Å². The average Bonchev–Trinajstić information content (AvgIpc) is 3.06. The van der Waals surface area contributed by atoms with E-state index in [0.29, 0.717) is 4.67 Å². The molecule has 2 rings (SSSR count). The lowest BCUT2D eigenvalue weighted by Crippen LogP contribution is -2.37. The molecule has 106 valence electrons. The van der Waals surface area contributed by atoms with Crippen molar-refractivity contribution >= 4 is 27.7 Å². The van der Waals surface area contributed by atoms with E-state index in [1.54, 1.807) is 18.5 Å². The van der Waals surface area contributed by atoms with Gasteiger partial charge in [-0.05, 0) is 35.0 Å². The number of amides is 2. The van der Waals surface area contributed by atoms with Gasteiger partial charge in [-0.2, -0.15) is 5.10 Å². The Morgan fingerprint density at radius 1 is 1.50 bits per heavy atom. The predicted octanol–water partition coefficient (Wildman–Crippen LogP) is 1.37. The molecule has 2 amide bonds. The van der Waals surface area contributed by atoms with Crippen LogP contribution in [0.25, 0.3) is 0 Å². The van der Waals surface area contributed by atoms with Crippen molar-refractivity contribution in [3.05, 3.63) is 40.5 Å². The number of hydrogen-bond acceptors (Lipinski definition) is 4. The largest absolute Gasteiger partial charge is 0.444 e. The maximum Gasteiger partial charge on any atom is 0.287 e. The topological polar surface area (TPSA) is 100 Å². The zero-order chi connectivity index (χ0) is 14.5. The first-order chi connectivity index (χ1) is 9.56. The number of hydrogen-bond donors (Lipinski definition) is 3. The van der Waals surface area contributed by atoms with Gasteiger partial charge in [0.2, 0.25) is 5.91 Å². The minimum Gasteiger partial charge on any atom is -0.444 e.